The molecule has 1 aliphatic heterocycles. The molecular formula is C25H30O8. The molecule has 2 N–H and O–H groups in total. The Morgan fingerprint density at radius 1 is 1.15 bits per heavy atom. The number of carbonyl (C=O) groups is 3. The van der Waals surface area contributed by atoms with Crippen molar-refractivity contribution in [1.29, 1.82) is 0 Å². The Kier molecular flexibility index (Phi) is 7.39. The molecule has 8 nitrogen and oxygen atoms in total. The van der Waals surface area contributed by atoms with Crippen LogP contribution < -0.4 is 0 Å². The number of aliphatic hydroxyl groups excluding tert-OH is 2. The highest BCUT2D eigenvalue weighted by atomic mass is 16.6. The molecule has 2 fully saturated rings. The van der Waals surface area contributed by atoms with Crippen molar-refractivity contribution >= 4 is 17.9 Å². The summed E-state index contributed by atoms with van der Waals surface area (Å²) in [7, 11) is 0. The predicted octanol–water partition coefficient (Wildman–Crippen LogP) is 1.94. The summed E-state index contributed by atoms with van der Waals surface area (Å²) in [4.78, 5) is 37.3. The van der Waals surface area contributed by atoms with Crippen LogP contribution in [-0.4, -0.2) is 59.6 Å². The van der Waals surface area contributed by atoms with E-state index < -0.39 is 48.7 Å². The third kappa shape index (κ3) is 4.58. The van der Waals surface area contributed by atoms with E-state index in [0.29, 0.717) is 5.57 Å². The van der Waals surface area contributed by atoms with Crippen molar-refractivity contribution in [3.63, 3.8) is 0 Å². The van der Waals surface area contributed by atoms with Gasteiger partial charge in [-0.25, -0.2) is 14.4 Å². The van der Waals surface area contributed by atoms with E-state index in [1.54, 1.807) is 19.9 Å². The van der Waals surface area contributed by atoms with Gasteiger partial charge in [-0.15, -0.1) is 0 Å². The van der Waals surface area contributed by atoms with E-state index in [9.17, 15) is 24.6 Å². The standard InChI is InChI=1S/C25H30O8/c1-6-15(10-26)24(29)31-11-16(7-2)25(30)32-18-9-13(4)19-17(27)8-12(3)20(19)22-21(18)14(5)23(28)33-22/h6-8,17-22,26-27H,4-5,9-11H2,1-3H3/b15-6+,16-7+/t17-,18-,19-,20+,21-,22+/m1/s1. The lowest BCUT2D eigenvalue weighted by molar-refractivity contribution is -0.149. The minimum absolute atomic E-state index is 0.0770. The van der Waals surface area contributed by atoms with Gasteiger partial charge >= 0.3 is 17.9 Å². The summed E-state index contributed by atoms with van der Waals surface area (Å²) in [5.41, 5.74) is 1.99. The molecule has 0 radical (unpaired) electrons. The first-order chi connectivity index (χ1) is 15.6. The fourth-order valence-corrected chi connectivity index (χ4v) is 4.90. The van der Waals surface area contributed by atoms with Crippen LogP contribution in [0.15, 0.2) is 59.3 Å². The van der Waals surface area contributed by atoms with Gasteiger partial charge in [-0.3, -0.25) is 0 Å². The Labute approximate surface area is 192 Å². The zero-order chi connectivity index (χ0) is 24.4. The van der Waals surface area contributed by atoms with Crippen molar-refractivity contribution in [3.05, 3.63) is 59.3 Å². The van der Waals surface area contributed by atoms with Gasteiger partial charge in [0.2, 0.25) is 0 Å². The molecule has 3 rings (SSSR count). The lowest BCUT2D eigenvalue weighted by atomic mass is 9.79. The van der Waals surface area contributed by atoms with Gasteiger partial charge in [0.15, 0.2) is 0 Å². The number of ether oxygens (including phenoxy) is 3. The second-order valence-corrected chi connectivity index (χ2v) is 8.54. The van der Waals surface area contributed by atoms with E-state index in [-0.39, 0.29) is 41.6 Å². The van der Waals surface area contributed by atoms with Crippen molar-refractivity contribution < 1.29 is 38.8 Å². The number of esters is 3. The van der Waals surface area contributed by atoms with E-state index >= 15 is 0 Å². The number of carbonyl (C=O) groups excluding carboxylic acids is 3. The molecule has 0 unspecified atom stereocenters. The lowest BCUT2D eigenvalue weighted by Gasteiger charge is -2.29. The molecular weight excluding hydrogens is 428 g/mol. The van der Waals surface area contributed by atoms with Gasteiger partial charge in [0.25, 0.3) is 0 Å². The van der Waals surface area contributed by atoms with Crippen LogP contribution in [0.3, 0.4) is 0 Å². The maximum Gasteiger partial charge on any atom is 0.337 e. The summed E-state index contributed by atoms with van der Waals surface area (Å²) in [5, 5.41) is 19.7. The van der Waals surface area contributed by atoms with Gasteiger partial charge in [-0.1, -0.05) is 42.5 Å². The van der Waals surface area contributed by atoms with Crippen molar-refractivity contribution in [1.82, 2.24) is 0 Å². The van der Waals surface area contributed by atoms with Gasteiger partial charge in [0, 0.05) is 23.8 Å². The Balaban J connectivity index is 1.80. The van der Waals surface area contributed by atoms with Crippen LogP contribution in [0.25, 0.3) is 0 Å². The highest BCUT2D eigenvalue weighted by Gasteiger charge is 2.56. The average Bonchev–Trinajstić information content (AvgIpc) is 3.18. The van der Waals surface area contributed by atoms with E-state index in [2.05, 4.69) is 13.2 Å². The molecule has 3 aliphatic rings. The fourth-order valence-electron chi connectivity index (χ4n) is 4.90. The second kappa shape index (κ2) is 9.89. The first-order valence-electron chi connectivity index (χ1n) is 10.9. The second-order valence-electron chi connectivity index (χ2n) is 8.54. The van der Waals surface area contributed by atoms with Gasteiger partial charge < -0.3 is 24.4 Å². The zero-order valence-electron chi connectivity index (χ0n) is 19.1. The van der Waals surface area contributed by atoms with Crippen LogP contribution in [-0.2, 0) is 28.6 Å². The summed E-state index contributed by atoms with van der Waals surface area (Å²) in [5.74, 6) is -3.20. The number of allylic oxidation sites excluding steroid dienone is 2. The molecule has 0 amide bonds. The molecule has 2 aliphatic carbocycles. The molecule has 0 bridgehead atoms. The molecule has 8 heteroatoms. The lowest BCUT2D eigenvalue weighted by Crippen LogP contribution is -2.37. The topological polar surface area (TPSA) is 119 Å². The molecule has 0 aromatic carbocycles. The van der Waals surface area contributed by atoms with Crippen LogP contribution in [0.5, 0.6) is 0 Å². The summed E-state index contributed by atoms with van der Waals surface area (Å²) in [6.45, 7) is 12.3. The van der Waals surface area contributed by atoms with E-state index in [4.69, 9.17) is 14.2 Å². The first kappa shape index (κ1) is 24.7. The molecule has 1 saturated heterocycles. The third-order valence-electron chi connectivity index (χ3n) is 6.67. The number of fused-ring (bicyclic) bond motifs is 3. The Morgan fingerprint density at radius 2 is 1.82 bits per heavy atom. The average molecular weight is 459 g/mol. The maximum atomic E-state index is 12.9. The van der Waals surface area contributed by atoms with Crippen molar-refractivity contribution in [3.8, 4) is 0 Å². The largest absolute Gasteiger partial charge is 0.458 e. The Bertz CT molecular complexity index is 969. The highest BCUT2D eigenvalue weighted by Crippen LogP contribution is 2.51. The van der Waals surface area contributed by atoms with Gasteiger partial charge in [0.05, 0.1) is 29.8 Å². The van der Waals surface area contributed by atoms with Crippen LogP contribution in [0.4, 0.5) is 0 Å². The molecule has 1 heterocycles. The first-order valence-corrected chi connectivity index (χ1v) is 10.9. The van der Waals surface area contributed by atoms with Crippen molar-refractivity contribution in [2.75, 3.05) is 13.2 Å². The van der Waals surface area contributed by atoms with Gasteiger partial charge in [-0.2, -0.15) is 0 Å². The summed E-state index contributed by atoms with van der Waals surface area (Å²) in [6, 6.07) is 0. The number of aliphatic hydroxyl groups is 2. The molecule has 33 heavy (non-hydrogen) atoms. The quantitative estimate of drug-likeness (QED) is 0.268. The maximum absolute atomic E-state index is 12.9. The smallest absolute Gasteiger partial charge is 0.337 e. The Morgan fingerprint density at radius 3 is 2.42 bits per heavy atom. The van der Waals surface area contributed by atoms with Crippen molar-refractivity contribution in [2.45, 2.75) is 45.5 Å². The fraction of sp³-hybridized carbons (Fsp3) is 0.480. The van der Waals surface area contributed by atoms with Crippen LogP contribution in [0, 0.1) is 17.8 Å². The van der Waals surface area contributed by atoms with E-state index in [1.807, 2.05) is 6.92 Å². The Hall–Kier alpha value is -2.97. The predicted molar refractivity (Wildman–Crippen MR) is 118 cm³/mol. The highest BCUT2D eigenvalue weighted by molar-refractivity contribution is 5.93. The minimum atomic E-state index is -0.784. The van der Waals surface area contributed by atoms with E-state index in [0.717, 1.165) is 5.57 Å². The molecule has 0 spiro atoms. The van der Waals surface area contributed by atoms with Gasteiger partial charge in [-0.05, 0) is 20.8 Å². The summed E-state index contributed by atoms with van der Waals surface area (Å²) < 4.78 is 16.5. The van der Waals surface area contributed by atoms with E-state index in [1.165, 1.54) is 12.2 Å². The molecule has 0 aromatic heterocycles. The third-order valence-corrected chi connectivity index (χ3v) is 6.67. The molecule has 0 aromatic rings. The SMILES string of the molecule is C=C1C[C@@H](OC(=O)/C(=C/C)COC(=O)/C(=C/C)CO)[C@H]2C(=C)C(=O)O[C@H]2[C@H]2C(C)=C[C@@H](O)[C@@H]12. The van der Waals surface area contributed by atoms with Crippen LogP contribution in [0.1, 0.15) is 27.2 Å². The van der Waals surface area contributed by atoms with Crippen LogP contribution in [0.2, 0.25) is 0 Å². The molecule has 1 saturated carbocycles. The number of hydrogen-bond acceptors (Lipinski definition) is 8. The van der Waals surface area contributed by atoms with Gasteiger partial charge in [0.1, 0.15) is 18.8 Å². The number of rotatable bonds is 6. The summed E-state index contributed by atoms with van der Waals surface area (Å²) in [6.07, 6.45) is 2.70. The molecule has 6 atom stereocenters. The van der Waals surface area contributed by atoms with Crippen molar-refractivity contribution in [2.24, 2.45) is 17.8 Å². The monoisotopic (exact) mass is 458 g/mol. The zero-order valence-corrected chi connectivity index (χ0v) is 19.1. The molecule has 178 valence electrons. The number of hydrogen-bond donors (Lipinski definition) is 2. The summed E-state index contributed by atoms with van der Waals surface area (Å²) >= 11 is 0. The van der Waals surface area contributed by atoms with Crippen LogP contribution >= 0.6 is 0 Å². The minimum Gasteiger partial charge on any atom is -0.458 e. The normalized spacial score (nSPS) is 31.9.